The highest BCUT2D eigenvalue weighted by Gasteiger charge is 2.81. The maximum absolute atomic E-state index is 14.2. The van der Waals surface area contributed by atoms with Gasteiger partial charge in [0.25, 0.3) is 0 Å². The molecule has 33 heavy (non-hydrogen) atoms. The molecule has 0 aliphatic heterocycles. The molecule has 0 heterocycles. The molecule has 2 rings (SSSR count). The average molecular weight is 472 g/mol. The first-order valence-corrected chi connectivity index (χ1v) is 8.62. The molecule has 0 aromatic heterocycles. The Balaban J connectivity index is 2.64. The lowest BCUT2D eigenvalue weighted by molar-refractivity contribution is -0.388. The second kappa shape index (κ2) is 8.91. The Hall–Kier alpha value is -3.91. The molecule has 0 atom stereocenters. The number of rotatable bonds is 4. The Morgan fingerprint density at radius 3 is 1.48 bits per heavy atom. The van der Waals surface area contributed by atoms with Gasteiger partial charge in [-0.15, -0.1) is 0 Å². The molecule has 0 unspecified atom stereocenters. The van der Waals surface area contributed by atoms with E-state index in [4.69, 9.17) is 10.5 Å². The maximum atomic E-state index is 14.2. The van der Waals surface area contributed by atoms with E-state index in [1.54, 1.807) is 12.1 Å². The molecule has 11 heteroatoms. The first-order valence-electron chi connectivity index (χ1n) is 8.62. The van der Waals surface area contributed by atoms with Crippen LogP contribution in [-0.2, 0) is 0 Å². The summed E-state index contributed by atoms with van der Waals surface area (Å²) in [5.41, 5.74) is -1.00. The smallest absolute Gasteiger partial charge is 0.195 e. The fraction of sp³-hybridized carbons (Fsp3) is 0.182. The third-order valence-electron chi connectivity index (χ3n) is 4.18. The van der Waals surface area contributed by atoms with Crippen molar-refractivity contribution in [3.8, 4) is 24.0 Å². The van der Waals surface area contributed by atoms with Gasteiger partial charge < -0.3 is 0 Å². The van der Waals surface area contributed by atoms with Crippen molar-refractivity contribution in [3.63, 3.8) is 0 Å². The Bertz CT molecular complexity index is 1180. The van der Waals surface area contributed by atoms with E-state index in [-0.39, 0.29) is 22.3 Å². The van der Waals surface area contributed by atoms with Gasteiger partial charge in [-0.1, -0.05) is 24.0 Å². The first kappa shape index (κ1) is 25.4. The van der Waals surface area contributed by atoms with Crippen LogP contribution in [0.15, 0.2) is 54.6 Å². The molecule has 2 aromatic rings. The fourth-order valence-electron chi connectivity index (χ4n) is 2.34. The summed E-state index contributed by atoms with van der Waals surface area (Å²) in [7, 11) is 0. The molecule has 0 radical (unpaired) electrons. The maximum Gasteiger partial charge on any atom is 0.460 e. The van der Waals surface area contributed by atoms with Gasteiger partial charge in [-0.05, 0) is 42.0 Å². The molecule has 0 bridgehead atoms. The Kier molecular flexibility index (Phi) is 6.85. The van der Waals surface area contributed by atoms with Gasteiger partial charge in [0.05, 0.1) is 23.3 Å². The molecule has 2 aromatic carbocycles. The number of alkyl halides is 9. The Morgan fingerprint density at radius 1 is 0.636 bits per heavy atom. The number of halogens is 9. The second-order valence-electron chi connectivity index (χ2n) is 6.46. The third-order valence-corrected chi connectivity index (χ3v) is 4.18. The van der Waals surface area contributed by atoms with E-state index in [1.165, 1.54) is 24.3 Å². The standard InChI is InChI=1S/C22H9F9N2/c23-19(24,20(25,26)21(27,28)22(29,30)31)11-18(17-8-6-16(13-33)7-9-17)10-5-14-1-3-15(12-32)4-2-14/h1-4,6-9,11H/b18-11-. The minimum Gasteiger partial charge on any atom is -0.195 e. The monoisotopic (exact) mass is 472 g/mol. The molecule has 170 valence electrons. The summed E-state index contributed by atoms with van der Waals surface area (Å²) in [5, 5.41) is 17.5. The summed E-state index contributed by atoms with van der Waals surface area (Å²) in [6.45, 7) is 0. The van der Waals surface area contributed by atoms with Gasteiger partial charge in [-0.2, -0.15) is 50.0 Å². The summed E-state index contributed by atoms with van der Waals surface area (Å²) in [6.07, 6.45) is -7.72. The lowest BCUT2D eigenvalue weighted by atomic mass is 9.97. The summed E-state index contributed by atoms with van der Waals surface area (Å²) in [6, 6.07) is 12.7. The SMILES string of the molecule is N#Cc1ccc(C#C/C(=C/C(F)(F)C(F)(F)C(F)(F)C(F)(F)F)c2ccc(C#N)cc2)cc1. The zero-order valence-corrected chi connectivity index (χ0v) is 16.0. The van der Waals surface area contributed by atoms with Crippen molar-refractivity contribution in [2.45, 2.75) is 23.9 Å². The number of hydrogen-bond donors (Lipinski definition) is 0. The number of allylic oxidation sites excluding steroid dienone is 2. The van der Waals surface area contributed by atoms with Crippen molar-refractivity contribution < 1.29 is 39.5 Å². The molecule has 0 N–H and O–H groups in total. The van der Waals surface area contributed by atoms with Crippen molar-refractivity contribution >= 4 is 5.57 Å². The lowest BCUT2D eigenvalue weighted by Gasteiger charge is -2.32. The van der Waals surface area contributed by atoms with Crippen LogP contribution in [0, 0.1) is 34.5 Å². The molecule has 0 spiro atoms. The predicted molar refractivity (Wildman–Crippen MR) is 98.1 cm³/mol. The van der Waals surface area contributed by atoms with Gasteiger partial charge in [0, 0.05) is 17.2 Å². The highest BCUT2D eigenvalue weighted by molar-refractivity contribution is 5.80. The van der Waals surface area contributed by atoms with E-state index in [2.05, 4.69) is 11.8 Å². The van der Waals surface area contributed by atoms with Gasteiger partial charge in [0.15, 0.2) is 0 Å². The van der Waals surface area contributed by atoms with E-state index in [9.17, 15) is 39.5 Å². The number of hydrogen-bond acceptors (Lipinski definition) is 2. The molecule has 0 saturated carbocycles. The quantitative estimate of drug-likeness (QED) is 0.386. The third kappa shape index (κ3) is 5.12. The van der Waals surface area contributed by atoms with Gasteiger partial charge in [-0.3, -0.25) is 0 Å². The van der Waals surface area contributed by atoms with Crippen molar-refractivity contribution in [2.24, 2.45) is 0 Å². The summed E-state index contributed by atoms with van der Waals surface area (Å²) < 4.78 is 119. The van der Waals surface area contributed by atoms with Crippen LogP contribution < -0.4 is 0 Å². The predicted octanol–water partition coefficient (Wildman–Crippen LogP) is 6.33. The first-order chi connectivity index (χ1) is 15.2. The van der Waals surface area contributed by atoms with Crippen LogP contribution in [0.4, 0.5) is 39.5 Å². The van der Waals surface area contributed by atoms with E-state index in [1.807, 2.05) is 0 Å². The zero-order valence-electron chi connectivity index (χ0n) is 16.0. The zero-order chi connectivity index (χ0) is 25.1. The van der Waals surface area contributed by atoms with Crippen LogP contribution in [0.3, 0.4) is 0 Å². The highest BCUT2D eigenvalue weighted by atomic mass is 19.4. The molecular formula is C22H9F9N2. The average Bonchev–Trinajstić information content (AvgIpc) is 2.76. The normalized spacial score (nSPS) is 12.9. The molecular weight excluding hydrogens is 463 g/mol. The van der Waals surface area contributed by atoms with Gasteiger partial charge in [-0.25, -0.2) is 0 Å². The number of benzene rings is 2. The molecule has 0 fully saturated rings. The van der Waals surface area contributed by atoms with Gasteiger partial charge >= 0.3 is 23.9 Å². The largest absolute Gasteiger partial charge is 0.460 e. The van der Waals surface area contributed by atoms with Crippen LogP contribution in [0.25, 0.3) is 5.57 Å². The van der Waals surface area contributed by atoms with Gasteiger partial charge in [0.2, 0.25) is 0 Å². The van der Waals surface area contributed by atoms with Crippen LogP contribution >= 0.6 is 0 Å². The fourth-order valence-corrected chi connectivity index (χ4v) is 2.34. The second-order valence-corrected chi connectivity index (χ2v) is 6.46. The lowest BCUT2D eigenvalue weighted by Crippen LogP contribution is -2.60. The van der Waals surface area contributed by atoms with Crippen molar-refractivity contribution in [1.82, 2.24) is 0 Å². The summed E-state index contributed by atoms with van der Waals surface area (Å²) in [5.74, 6) is -15.5. The van der Waals surface area contributed by atoms with Crippen LogP contribution in [0.1, 0.15) is 22.3 Å². The summed E-state index contributed by atoms with van der Waals surface area (Å²) in [4.78, 5) is 0. The van der Waals surface area contributed by atoms with E-state index in [0.29, 0.717) is 0 Å². The van der Waals surface area contributed by atoms with E-state index in [0.717, 1.165) is 24.3 Å². The van der Waals surface area contributed by atoms with Crippen molar-refractivity contribution in [2.75, 3.05) is 0 Å². The Labute approximate surface area is 181 Å². The molecule has 0 saturated heterocycles. The minimum atomic E-state index is -7.05. The molecule has 2 nitrogen and oxygen atoms in total. The van der Waals surface area contributed by atoms with Crippen molar-refractivity contribution in [3.05, 3.63) is 76.9 Å². The summed E-state index contributed by atoms with van der Waals surface area (Å²) >= 11 is 0. The topological polar surface area (TPSA) is 47.6 Å². The molecule has 0 aliphatic rings. The number of nitrogens with zero attached hydrogens (tertiary/aromatic N) is 2. The van der Waals surface area contributed by atoms with Crippen LogP contribution in [0.5, 0.6) is 0 Å². The Morgan fingerprint density at radius 2 is 1.06 bits per heavy atom. The van der Waals surface area contributed by atoms with Crippen LogP contribution in [0.2, 0.25) is 0 Å². The highest BCUT2D eigenvalue weighted by Crippen LogP contribution is 2.53. The molecule has 0 aliphatic carbocycles. The molecule has 0 amide bonds. The van der Waals surface area contributed by atoms with Crippen molar-refractivity contribution in [1.29, 1.82) is 10.5 Å². The van der Waals surface area contributed by atoms with Gasteiger partial charge in [0.1, 0.15) is 0 Å². The minimum absolute atomic E-state index is 0.0267. The number of nitriles is 2. The van der Waals surface area contributed by atoms with E-state index < -0.39 is 35.6 Å². The van der Waals surface area contributed by atoms with Crippen LogP contribution in [-0.4, -0.2) is 23.9 Å². The van der Waals surface area contributed by atoms with E-state index >= 15 is 0 Å².